The highest BCUT2D eigenvalue weighted by Gasteiger charge is 2.20. The van der Waals surface area contributed by atoms with Gasteiger partial charge in [0.15, 0.2) is 5.13 Å². The van der Waals surface area contributed by atoms with Crippen LogP contribution in [0.2, 0.25) is 0 Å². The van der Waals surface area contributed by atoms with E-state index in [0.717, 1.165) is 49.6 Å². The van der Waals surface area contributed by atoms with Gasteiger partial charge < -0.3 is 4.79 Å². The van der Waals surface area contributed by atoms with Gasteiger partial charge in [-0.3, -0.25) is 14.6 Å². The minimum Gasteiger partial charge on any atom is -0.303 e. The second-order valence-corrected chi connectivity index (χ2v) is 5.99. The number of amides is 1. The zero-order valence-corrected chi connectivity index (χ0v) is 12.9. The quantitative estimate of drug-likeness (QED) is 0.779. The fourth-order valence-corrected chi connectivity index (χ4v) is 3.48. The van der Waals surface area contributed by atoms with Gasteiger partial charge in [-0.1, -0.05) is 0 Å². The number of rotatable bonds is 5. The molecule has 1 aliphatic rings. The second-order valence-electron chi connectivity index (χ2n) is 5.16. The van der Waals surface area contributed by atoms with Crippen LogP contribution in [-0.2, 0) is 16.1 Å². The lowest BCUT2D eigenvalue weighted by Gasteiger charge is -2.29. The van der Waals surface area contributed by atoms with Crippen molar-refractivity contribution in [3.63, 3.8) is 0 Å². The number of hydrogen-bond donors (Lipinski definition) is 0. The molecule has 1 saturated heterocycles. The van der Waals surface area contributed by atoms with Crippen LogP contribution < -0.4 is 4.90 Å². The molecule has 1 amide bonds. The van der Waals surface area contributed by atoms with E-state index in [2.05, 4.69) is 9.88 Å². The first kappa shape index (κ1) is 15.1. The number of likely N-dealkylation sites (tertiary alicyclic amines) is 1. The lowest BCUT2D eigenvalue weighted by molar-refractivity contribution is -0.116. The maximum absolute atomic E-state index is 11.5. The summed E-state index contributed by atoms with van der Waals surface area (Å²) in [6.07, 6.45) is 3.12. The molecule has 0 aromatic carbocycles. The van der Waals surface area contributed by atoms with Crippen molar-refractivity contribution in [2.24, 2.45) is 5.92 Å². The van der Waals surface area contributed by atoms with Crippen molar-refractivity contribution in [2.45, 2.75) is 33.2 Å². The molecule has 5 nitrogen and oxygen atoms in total. The molecule has 1 fully saturated rings. The van der Waals surface area contributed by atoms with Gasteiger partial charge in [-0.25, -0.2) is 4.98 Å². The fraction of sp³-hybridized carbons (Fsp3) is 0.643. The third-order valence-corrected chi connectivity index (χ3v) is 4.50. The van der Waals surface area contributed by atoms with Gasteiger partial charge in [0.2, 0.25) is 5.91 Å². The molecule has 1 aromatic heterocycles. The Hall–Kier alpha value is -1.27. The topological polar surface area (TPSA) is 53.5 Å². The van der Waals surface area contributed by atoms with Gasteiger partial charge >= 0.3 is 0 Å². The Kier molecular flexibility index (Phi) is 5.25. The van der Waals surface area contributed by atoms with E-state index in [1.807, 2.05) is 12.3 Å². The van der Waals surface area contributed by atoms with Crippen molar-refractivity contribution in [1.82, 2.24) is 9.88 Å². The standard InChI is InChI=1S/C14H21N3O2S/c1-3-17(11(2)19)14-15-13(10-20-14)8-16-6-4-5-12(7-16)9-18/h9-10,12H,3-8H2,1-2H3. The predicted octanol–water partition coefficient (Wildman–Crippen LogP) is 1.93. The Morgan fingerprint density at radius 2 is 2.45 bits per heavy atom. The van der Waals surface area contributed by atoms with Crippen LogP contribution in [-0.4, -0.2) is 41.7 Å². The molecule has 110 valence electrons. The molecule has 2 rings (SSSR count). The van der Waals surface area contributed by atoms with Crippen molar-refractivity contribution in [1.29, 1.82) is 0 Å². The third kappa shape index (κ3) is 3.64. The van der Waals surface area contributed by atoms with E-state index in [1.165, 1.54) is 11.3 Å². The Balaban J connectivity index is 1.98. The third-order valence-electron chi connectivity index (χ3n) is 3.59. The van der Waals surface area contributed by atoms with Crippen molar-refractivity contribution < 1.29 is 9.59 Å². The van der Waals surface area contributed by atoms with E-state index in [-0.39, 0.29) is 11.8 Å². The van der Waals surface area contributed by atoms with Gasteiger partial charge in [0.05, 0.1) is 5.69 Å². The van der Waals surface area contributed by atoms with Crippen molar-refractivity contribution >= 4 is 28.7 Å². The van der Waals surface area contributed by atoms with E-state index in [9.17, 15) is 9.59 Å². The molecule has 2 heterocycles. The Labute approximate surface area is 123 Å². The van der Waals surface area contributed by atoms with Crippen molar-refractivity contribution in [3.05, 3.63) is 11.1 Å². The molecule has 0 bridgehead atoms. The smallest absolute Gasteiger partial charge is 0.225 e. The van der Waals surface area contributed by atoms with Crippen LogP contribution in [0.1, 0.15) is 32.4 Å². The van der Waals surface area contributed by atoms with Crippen LogP contribution in [0.3, 0.4) is 0 Å². The summed E-state index contributed by atoms with van der Waals surface area (Å²) in [5.41, 5.74) is 0.983. The van der Waals surface area contributed by atoms with E-state index in [0.29, 0.717) is 6.54 Å². The van der Waals surface area contributed by atoms with Crippen LogP contribution >= 0.6 is 11.3 Å². The molecule has 1 aromatic rings. The van der Waals surface area contributed by atoms with E-state index >= 15 is 0 Å². The van der Waals surface area contributed by atoms with Gasteiger partial charge in [-0.15, -0.1) is 11.3 Å². The van der Waals surface area contributed by atoms with Gasteiger partial charge in [0.25, 0.3) is 0 Å². The molecular formula is C14H21N3O2S. The molecule has 0 N–H and O–H groups in total. The molecule has 0 aliphatic carbocycles. The lowest BCUT2D eigenvalue weighted by atomic mass is 10.00. The van der Waals surface area contributed by atoms with Crippen LogP contribution in [0.5, 0.6) is 0 Å². The molecule has 0 spiro atoms. The highest BCUT2D eigenvalue weighted by atomic mass is 32.1. The van der Waals surface area contributed by atoms with Crippen LogP contribution in [0.15, 0.2) is 5.38 Å². The number of anilines is 1. The van der Waals surface area contributed by atoms with Crippen LogP contribution in [0.4, 0.5) is 5.13 Å². The largest absolute Gasteiger partial charge is 0.303 e. The molecule has 20 heavy (non-hydrogen) atoms. The minimum absolute atomic E-state index is 0.0207. The number of carbonyl (C=O) groups is 2. The molecule has 0 saturated carbocycles. The van der Waals surface area contributed by atoms with Crippen LogP contribution in [0.25, 0.3) is 0 Å². The first-order valence-electron chi connectivity index (χ1n) is 7.04. The zero-order valence-electron chi connectivity index (χ0n) is 12.0. The van der Waals surface area contributed by atoms with Gasteiger partial charge in [-0.2, -0.15) is 0 Å². The average molecular weight is 295 g/mol. The second kappa shape index (κ2) is 6.95. The van der Waals surface area contributed by atoms with Gasteiger partial charge in [-0.05, 0) is 26.3 Å². The molecule has 1 unspecified atom stereocenters. The summed E-state index contributed by atoms with van der Waals surface area (Å²) in [7, 11) is 0. The number of nitrogens with zero attached hydrogens (tertiary/aromatic N) is 3. The number of aromatic nitrogens is 1. The predicted molar refractivity (Wildman–Crippen MR) is 79.9 cm³/mol. The summed E-state index contributed by atoms with van der Waals surface area (Å²) in [5.74, 6) is 0.179. The van der Waals surface area contributed by atoms with Gasteiger partial charge in [0, 0.05) is 37.9 Å². The summed E-state index contributed by atoms with van der Waals surface area (Å²) in [6.45, 7) is 6.74. The zero-order chi connectivity index (χ0) is 14.5. The Morgan fingerprint density at radius 1 is 1.65 bits per heavy atom. The summed E-state index contributed by atoms with van der Waals surface area (Å²) in [5, 5.41) is 2.77. The minimum atomic E-state index is 0.0207. The Bertz CT molecular complexity index is 475. The molecule has 1 atom stereocenters. The maximum atomic E-state index is 11.5. The first-order chi connectivity index (χ1) is 9.63. The highest BCUT2D eigenvalue weighted by Crippen LogP contribution is 2.23. The summed E-state index contributed by atoms with van der Waals surface area (Å²) < 4.78 is 0. The highest BCUT2D eigenvalue weighted by molar-refractivity contribution is 7.14. The SMILES string of the molecule is CCN(C(C)=O)c1nc(CN2CCCC(C=O)C2)cs1. The van der Waals surface area contributed by atoms with Crippen molar-refractivity contribution in [2.75, 3.05) is 24.5 Å². The summed E-state index contributed by atoms with van der Waals surface area (Å²) in [4.78, 5) is 30.9. The monoisotopic (exact) mass is 295 g/mol. The lowest BCUT2D eigenvalue weighted by Crippen LogP contribution is -2.35. The normalized spacial score (nSPS) is 19.8. The summed E-state index contributed by atoms with van der Waals surface area (Å²) >= 11 is 1.50. The summed E-state index contributed by atoms with van der Waals surface area (Å²) in [6, 6.07) is 0. The van der Waals surface area contributed by atoms with E-state index in [1.54, 1.807) is 11.8 Å². The van der Waals surface area contributed by atoms with Crippen LogP contribution in [0, 0.1) is 5.92 Å². The number of piperidine rings is 1. The Morgan fingerprint density at radius 3 is 3.10 bits per heavy atom. The molecule has 6 heteroatoms. The van der Waals surface area contributed by atoms with Crippen molar-refractivity contribution in [3.8, 4) is 0 Å². The molecule has 0 radical (unpaired) electrons. The number of hydrogen-bond acceptors (Lipinski definition) is 5. The first-order valence-corrected chi connectivity index (χ1v) is 7.92. The maximum Gasteiger partial charge on any atom is 0.225 e. The average Bonchev–Trinajstić information content (AvgIpc) is 2.87. The molecular weight excluding hydrogens is 274 g/mol. The number of thiazole rings is 1. The number of carbonyl (C=O) groups excluding carboxylic acids is 2. The van der Waals surface area contributed by atoms with E-state index in [4.69, 9.17) is 0 Å². The molecule has 1 aliphatic heterocycles. The van der Waals surface area contributed by atoms with Gasteiger partial charge in [0.1, 0.15) is 6.29 Å². The number of aldehydes is 1. The van der Waals surface area contributed by atoms with E-state index < -0.39 is 0 Å². The fourth-order valence-electron chi connectivity index (χ4n) is 2.56.